The van der Waals surface area contributed by atoms with E-state index in [0.717, 1.165) is 4.68 Å². The van der Waals surface area contributed by atoms with Crippen LogP contribution >= 0.6 is 11.6 Å². The van der Waals surface area contributed by atoms with Gasteiger partial charge in [-0.1, -0.05) is 11.6 Å². The van der Waals surface area contributed by atoms with Gasteiger partial charge in [0.2, 0.25) is 5.92 Å². The quantitative estimate of drug-likeness (QED) is 0.753. The van der Waals surface area contributed by atoms with Crippen molar-refractivity contribution in [3.05, 3.63) is 21.6 Å². The summed E-state index contributed by atoms with van der Waals surface area (Å²) in [6, 6.07) is -0.591. The van der Waals surface area contributed by atoms with Gasteiger partial charge in [0.15, 0.2) is 0 Å². The number of carbonyl (C=O) groups is 1. The predicted molar refractivity (Wildman–Crippen MR) is 98.0 cm³/mol. The van der Waals surface area contributed by atoms with Crippen LogP contribution in [0.5, 0.6) is 0 Å². The second-order valence-electron chi connectivity index (χ2n) is 7.15. The number of alkyl halides is 2. The molecule has 1 saturated carbocycles. The number of amides is 1. The first kappa shape index (κ1) is 20.8. The van der Waals surface area contributed by atoms with Crippen LogP contribution in [0, 0.1) is 0 Å². The Morgan fingerprint density at radius 3 is 2.96 bits per heavy atom. The summed E-state index contributed by atoms with van der Waals surface area (Å²) in [6.07, 6.45) is 1.15. The normalized spacial score (nSPS) is 24.2. The van der Waals surface area contributed by atoms with Crippen LogP contribution in [0.3, 0.4) is 0 Å². The van der Waals surface area contributed by atoms with Gasteiger partial charge in [0.1, 0.15) is 11.1 Å². The van der Waals surface area contributed by atoms with Crippen LogP contribution in [0.15, 0.2) is 11.0 Å². The monoisotopic (exact) mass is 420 g/mol. The number of aliphatic hydroxyl groups excluding tert-OH is 1. The van der Waals surface area contributed by atoms with E-state index >= 15 is 0 Å². The minimum atomic E-state index is -2.75. The molecule has 11 heteroatoms. The fraction of sp³-hybridized carbons (Fsp3) is 0.706. The van der Waals surface area contributed by atoms with Gasteiger partial charge < -0.3 is 20.1 Å². The van der Waals surface area contributed by atoms with E-state index in [4.69, 9.17) is 21.4 Å². The van der Waals surface area contributed by atoms with Gasteiger partial charge in [-0.05, 0) is 12.8 Å². The fourth-order valence-corrected chi connectivity index (χ4v) is 3.89. The largest absolute Gasteiger partial charge is 0.444 e. The standard InChI is InChI=1S/C17H23ClF2N4O4/c18-14-13(9-21-24(6-7-25)15(14)26)23-5-3-12(10-23)28-16(27)22-11-2-1-4-17(19,20)8-11/h9,11-12,25H,1-8,10H2,(H,22,27)/t11-,12-/m1/s1. The van der Waals surface area contributed by atoms with Gasteiger partial charge in [-0.2, -0.15) is 5.10 Å². The van der Waals surface area contributed by atoms with Gasteiger partial charge in [0.25, 0.3) is 5.56 Å². The molecule has 156 valence electrons. The molecule has 2 heterocycles. The van der Waals surface area contributed by atoms with E-state index in [1.54, 1.807) is 4.90 Å². The number of nitrogens with one attached hydrogen (secondary N) is 1. The highest BCUT2D eigenvalue weighted by atomic mass is 35.5. The molecule has 2 aliphatic rings. The van der Waals surface area contributed by atoms with Crippen LogP contribution in [0.1, 0.15) is 32.1 Å². The summed E-state index contributed by atoms with van der Waals surface area (Å²) in [5.74, 6) is -2.75. The Morgan fingerprint density at radius 1 is 1.46 bits per heavy atom. The molecule has 3 rings (SSSR count). The number of aromatic nitrogens is 2. The molecule has 2 N–H and O–H groups in total. The van der Waals surface area contributed by atoms with Crippen molar-refractivity contribution in [2.75, 3.05) is 24.6 Å². The van der Waals surface area contributed by atoms with Crippen LogP contribution in [0.4, 0.5) is 19.3 Å². The molecule has 0 aromatic carbocycles. The lowest BCUT2D eigenvalue weighted by Crippen LogP contribution is -2.43. The first-order valence-corrected chi connectivity index (χ1v) is 9.63. The van der Waals surface area contributed by atoms with Gasteiger partial charge in [-0.25, -0.2) is 18.3 Å². The highest BCUT2D eigenvalue weighted by Crippen LogP contribution is 2.33. The van der Waals surface area contributed by atoms with E-state index in [-0.39, 0.29) is 31.0 Å². The molecule has 0 spiro atoms. The number of alkyl carbamates (subject to hydrolysis) is 1. The summed E-state index contributed by atoms with van der Waals surface area (Å²) < 4.78 is 33.3. The molecule has 1 aliphatic carbocycles. The maximum Gasteiger partial charge on any atom is 0.407 e. The van der Waals surface area contributed by atoms with E-state index < -0.39 is 29.7 Å². The molecule has 1 saturated heterocycles. The van der Waals surface area contributed by atoms with E-state index in [1.807, 2.05) is 0 Å². The lowest BCUT2D eigenvalue weighted by Gasteiger charge is -2.29. The maximum absolute atomic E-state index is 13.4. The minimum Gasteiger partial charge on any atom is -0.444 e. The predicted octanol–water partition coefficient (Wildman–Crippen LogP) is 1.77. The van der Waals surface area contributed by atoms with Crippen LogP contribution in [0.25, 0.3) is 0 Å². The molecule has 0 unspecified atom stereocenters. The number of aliphatic hydroxyl groups is 1. The molecule has 1 aliphatic heterocycles. The van der Waals surface area contributed by atoms with Gasteiger partial charge in [-0.15, -0.1) is 0 Å². The van der Waals surface area contributed by atoms with Gasteiger partial charge in [-0.3, -0.25) is 4.79 Å². The third-order valence-corrected chi connectivity index (χ3v) is 5.36. The van der Waals surface area contributed by atoms with Crippen LogP contribution in [0.2, 0.25) is 5.02 Å². The average molecular weight is 421 g/mol. The van der Waals surface area contributed by atoms with E-state index in [1.165, 1.54) is 6.20 Å². The number of nitrogens with zero attached hydrogens (tertiary/aromatic N) is 3. The molecular formula is C17H23ClF2N4O4. The van der Waals surface area contributed by atoms with E-state index in [2.05, 4.69) is 10.4 Å². The summed E-state index contributed by atoms with van der Waals surface area (Å²) >= 11 is 6.14. The number of carbonyl (C=O) groups excluding carboxylic acids is 1. The van der Waals surface area contributed by atoms with Crippen molar-refractivity contribution in [3.8, 4) is 0 Å². The number of ether oxygens (including phenoxy) is 1. The molecule has 0 radical (unpaired) electrons. The van der Waals surface area contributed by atoms with Crippen LogP contribution in [-0.4, -0.2) is 58.7 Å². The van der Waals surface area contributed by atoms with Crippen LogP contribution < -0.4 is 15.8 Å². The zero-order valence-corrected chi connectivity index (χ0v) is 16.0. The second kappa shape index (κ2) is 8.60. The van der Waals surface area contributed by atoms with Crippen molar-refractivity contribution in [2.45, 2.75) is 56.7 Å². The summed E-state index contributed by atoms with van der Waals surface area (Å²) in [7, 11) is 0. The number of hydrogen-bond donors (Lipinski definition) is 2. The highest BCUT2D eigenvalue weighted by molar-refractivity contribution is 6.33. The average Bonchev–Trinajstić information content (AvgIpc) is 3.06. The Kier molecular flexibility index (Phi) is 6.39. The number of halogens is 3. The van der Waals surface area contributed by atoms with Crippen molar-refractivity contribution < 1.29 is 23.4 Å². The zero-order chi connectivity index (χ0) is 20.3. The maximum atomic E-state index is 13.4. The van der Waals surface area contributed by atoms with Crippen molar-refractivity contribution in [2.24, 2.45) is 0 Å². The van der Waals surface area contributed by atoms with Crippen LogP contribution in [-0.2, 0) is 11.3 Å². The molecule has 1 amide bonds. The first-order valence-electron chi connectivity index (χ1n) is 9.25. The topological polar surface area (TPSA) is 96.7 Å². The van der Waals surface area contributed by atoms with Crippen molar-refractivity contribution >= 4 is 23.4 Å². The molecule has 8 nitrogen and oxygen atoms in total. The smallest absolute Gasteiger partial charge is 0.407 e. The lowest BCUT2D eigenvalue weighted by molar-refractivity contribution is -0.0439. The number of anilines is 1. The number of hydrogen-bond acceptors (Lipinski definition) is 6. The van der Waals surface area contributed by atoms with Crippen molar-refractivity contribution in [1.29, 1.82) is 0 Å². The van der Waals surface area contributed by atoms with Crippen molar-refractivity contribution in [1.82, 2.24) is 15.1 Å². The highest BCUT2D eigenvalue weighted by Gasteiger charge is 2.37. The lowest BCUT2D eigenvalue weighted by atomic mass is 9.92. The summed E-state index contributed by atoms with van der Waals surface area (Å²) in [4.78, 5) is 26.0. The Morgan fingerprint density at radius 2 is 2.25 bits per heavy atom. The minimum absolute atomic E-state index is 0.0158. The second-order valence-corrected chi connectivity index (χ2v) is 7.53. The SMILES string of the molecule is O=C(N[C@@H]1CCCC(F)(F)C1)O[C@@H]1CCN(c2cnn(CCO)c(=O)c2Cl)C1. The van der Waals surface area contributed by atoms with Gasteiger partial charge in [0.05, 0.1) is 31.6 Å². The summed E-state index contributed by atoms with van der Waals surface area (Å²) in [6.45, 7) is 0.638. The van der Waals surface area contributed by atoms with Gasteiger partial charge in [0, 0.05) is 31.8 Å². The summed E-state index contributed by atoms with van der Waals surface area (Å²) in [5.41, 5.74) is -0.0761. The zero-order valence-electron chi connectivity index (χ0n) is 15.2. The molecule has 0 bridgehead atoms. The Hall–Kier alpha value is -1.94. The molecular weight excluding hydrogens is 398 g/mol. The van der Waals surface area contributed by atoms with Gasteiger partial charge >= 0.3 is 6.09 Å². The van der Waals surface area contributed by atoms with Crippen molar-refractivity contribution in [3.63, 3.8) is 0 Å². The third-order valence-electron chi connectivity index (χ3n) is 5.00. The molecule has 2 atom stereocenters. The molecule has 1 aromatic rings. The Bertz CT molecular complexity index is 776. The van der Waals surface area contributed by atoms with E-state index in [0.29, 0.717) is 38.0 Å². The molecule has 1 aromatic heterocycles. The summed E-state index contributed by atoms with van der Waals surface area (Å²) in [5, 5.41) is 15.4. The first-order chi connectivity index (χ1) is 13.3. The third kappa shape index (κ3) is 4.91. The Balaban J connectivity index is 1.55. The molecule has 28 heavy (non-hydrogen) atoms. The molecule has 2 fully saturated rings. The Labute approximate surface area is 165 Å². The fourth-order valence-electron chi connectivity index (χ4n) is 3.62. The number of rotatable bonds is 5. The van der Waals surface area contributed by atoms with E-state index in [9.17, 15) is 18.4 Å².